The average Bonchev–Trinajstić information content (AvgIpc) is 2.07. The minimum atomic E-state index is -4.25. The van der Waals surface area contributed by atoms with Crippen molar-refractivity contribution >= 4 is 0 Å². The first-order chi connectivity index (χ1) is 6.87. The Bertz CT molecular complexity index is 283. The molecule has 0 aromatic rings. The normalized spacial score (nSPS) is 26.1. The Morgan fingerprint density at radius 1 is 1.53 bits per heavy atom. The highest BCUT2D eigenvalue weighted by atomic mass is 19.4. The number of likely N-dealkylation sites (N-methyl/N-ethyl adjacent to an activating group) is 1. The lowest BCUT2D eigenvalue weighted by Crippen LogP contribution is -2.64. The first kappa shape index (κ1) is 12.1. The van der Waals surface area contributed by atoms with Crippen LogP contribution in [0.25, 0.3) is 0 Å². The zero-order valence-corrected chi connectivity index (χ0v) is 8.36. The summed E-state index contributed by atoms with van der Waals surface area (Å²) in [7, 11) is 0. The molecule has 0 aromatic carbocycles. The van der Waals surface area contributed by atoms with Crippen LogP contribution in [0.15, 0.2) is 23.9 Å². The summed E-state index contributed by atoms with van der Waals surface area (Å²) >= 11 is 0. The van der Waals surface area contributed by atoms with E-state index in [2.05, 4.69) is 10.6 Å². The van der Waals surface area contributed by atoms with Crippen molar-refractivity contribution in [3.8, 4) is 0 Å². The summed E-state index contributed by atoms with van der Waals surface area (Å²) in [5.74, 6) is -1.29. The summed E-state index contributed by atoms with van der Waals surface area (Å²) in [6.45, 7) is 2.26. The Hall–Kier alpha value is -1.01. The van der Waals surface area contributed by atoms with Crippen LogP contribution in [-0.4, -0.2) is 18.5 Å². The van der Waals surface area contributed by atoms with E-state index in [0.717, 1.165) is 0 Å². The first-order valence-electron chi connectivity index (χ1n) is 4.62. The second-order valence-electron chi connectivity index (χ2n) is 3.33. The number of rotatable bonds is 3. The number of nitrogens with two attached hydrogens (primary N) is 1. The molecule has 1 heterocycles. The molecule has 1 rings (SSSR count). The maximum absolute atomic E-state index is 12.2. The molecule has 0 saturated carbocycles. The summed E-state index contributed by atoms with van der Waals surface area (Å²) in [5.41, 5.74) is 5.86. The van der Waals surface area contributed by atoms with Gasteiger partial charge in [-0.2, -0.15) is 13.2 Å². The van der Waals surface area contributed by atoms with Gasteiger partial charge in [0.25, 0.3) is 0 Å². The van der Waals surface area contributed by atoms with Crippen LogP contribution in [0.5, 0.6) is 0 Å². The van der Waals surface area contributed by atoms with Gasteiger partial charge in [-0.25, -0.2) is 0 Å². The molecular formula is C9H14F3N3. The van der Waals surface area contributed by atoms with Gasteiger partial charge in [0.1, 0.15) is 0 Å². The Kier molecular flexibility index (Phi) is 3.41. The molecule has 6 heteroatoms. The third-order valence-electron chi connectivity index (χ3n) is 2.06. The van der Waals surface area contributed by atoms with Gasteiger partial charge in [-0.05, 0) is 24.4 Å². The number of hydrogen-bond donors (Lipinski definition) is 3. The number of allylic oxidation sites excluding steroid dienone is 2. The molecule has 0 aromatic heterocycles. The molecule has 1 aliphatic heterocycles. The first-order valence-corrected chi connectivity index (χ1v) is 4.62. The minimum Gasteiger partial charge on any atom is -0.358 e. The molecule has 0 radical (unpaired) electrons. The maximum atomic E-state index is 12.2. The van der Waals surface area contributed by atoms with Crippen LogP contribution in [0.1, 0.15) is 13.3 Å². The van der Waals surface area contributed by atoms with E-state index in [4.69, 9.17) is 5.73 Å². The van der Waals surface area contributed by atoms with Crippen molar-refractivity contribution < 1.29 is 13.2 Å². The van der Waals surface area contributed by atoms with Crippen molar-refractivity contribution in [3.63, 3.8) is 0 Å². The molecule has 3 nitrogen and oxygen atoms in total. The van der Waals surface area contributed by atoms with Crippen molar-refractivity contribution in [2.75, 3.05) is 6.54 Å². The molecular weight excluding hydrogens is 207 g/mol. The van der Waals surface area contributed by atoms with Gasteiger partial charge in [0.05, 0.1) is 6.42 Å². The highest BCUT2D eigenvalue weighted by molar-refractivity contribution is 5.28. The van der Waals surface area contributed by atoms with Crippen molar-refractivity contribution in [1.82, 2.24) is 10.6 Å². The fraction of sp³-hybridized carbons (Fsp3) is 0.556. The quantitative estimate of drug-likeness (QED) is 0.628. The summed E-state index contributed by atoms with van der Waals surface area (Å²) < 4.78 is 36.7. The summed E-state index contributed by atoms with van der Waals surface area (Å²) in [6, 6.07) is 0. The van der Waals surface area contributed by atoms with Crippen LogP contribution >= 0.6 is 0 Å². The van der Waals surface area contributed by atoms with Gasteiger partial charge in [0.2, 0.25) is 0 Å². The van der Waals surface area contributed by atoms with Crippen molar-refractivity contribution in [1.29, 1.82) is 0 Å². The molecule has 0 saturated heterocycles. The van der Waals surface area contributed by atoms with Gasteiger partial charge >= 0.3 is 6.18 Å². The Morgan fingerprint density at radius 2 is 2.20 bits per heavy atom. The zero-order chi connectivity index (χ0) is 11.5. The molecule has 1 atom stereocenters. The van der Waals surface area contributed by atoms with Crippen molar-refractivity contribution in [2.45, 2.75) is 25.3 Å². The highest BCUT2D eigenvalue weighted by Crippen LogP contribution is 2.28. The Morgan fingerprint density at radius 3 is 2.73 bits per heavy atom. The standard InChI is InChI=1S/C9H14F3N3/c1-2-14-9(13)7(4-3-5-15-9)6-8(10,11)12/h3-5,14-15H,2,6,13H2,1H3. The number of halogens is 3. The van der Waals surface area contributed by atoms with E-state index in [1.165, 1.54) is 18.4 Å². The number of dihydropyridines is 1. The fourth-order valence-corrected chi connectivity index (χ4v) is 1.43. The van der Waals surface area contributed by atoms with Crippen LogP contribution in [-0.2, 0) is 0 Å². The lowest BCUT2D eigenvalue weighted by Gasteiger charge is -2.35. The van der Waals surface area contributed by atoms with Crippen LogP contribution in [0.2, 0.25) is 0 Å². The minimum absolute atomic E-state index is 0.0827. The lowest BCUT2D eigenvalue weighted by atomic mass is 10.0. The second-order valence-corrected chi connectivity index (χ2v) is 3.33. The topological polar surface area (TPSA) is 50.1 Å². The zero-order valence-electron chi connectivity index (χ0n) is 8.36. The summed E-state index contributed by atoms with van der Waals surface area (Å²) in [5, 5.41) is 5.47. The third kappa shape index (κ3) is 3.24. The summed E-state index contributed by atoms with van der Waals surface area (Å²) in [4.78, 5) is 0. The smallest absolute Gasteiger partial charge is 0.358 e. The van der Waals surface area contributed by atoms with Crippen LogP contribution in [0.4, 0.5) is 13.2 Å². The van der Waals surface area contributed by atoms with Gasteiger partial charge in [0, 0.05) is 0 Å². The molecule has 1 aliphatic rings. The highest BCUT2D eigenvalue weighted by Gasteiger charge is 2.37. The molecule has 0 aliphatic carbocycles. The van der Waals surface area contributed by atoms with Crippen LogP contribution in [0, 0.1) is 0 Å². The lowest BCUT2D eigenvalue weighted by molar-refractivity contribution is -0.129. The summed E-state index contributed by atoms with van der Waals surface area (Å²) in [6.07, 6.45) is -0.870. The molecule has 0 fully saturated rings. The molecule has 15 heavy (non-hydrogen) atoms. The molecule has 0 bridgehead atoms. The molecule has 1 unspecified atom stereocenters. The van der Waals surface area contributed by atoms with Crippen LogP contribution < -0.4 is 16.4 Å². The number of alkyl halides is 3. The molecule has 86 valence electrons. The van der Waals surface area contributed by atoms with E-state index in [0.29, 0.717) is 6.54 Å². The van der Waals surface area contributed by atoms with Gasteiger partial charge in [-0.1, -0.05) is 13.0 Å². The van der Waals surface area contributed by atoms with E-state index in [-0.39, 0.29) is 5.57 Å². The second kappa shape index (κ2) is 4.24. The Balaban J connectivity index is 2.82. The van der Waals surface area contributed by atoms with Crippen molar-refractivity contribution in [2.24, 2.45) is 5.73 Å². The molecule has 4 N–H and O–H groups in total. The van der Waals surface area contributed by atoms with E-state index >= 15 is 0 Å². The maximum Gasteiger partial charge on any atom is 0.392 e. The number of nitrogens with one attached hydrogen (secondary N) is 2. The van der Waals surface area contributed by atoms with Crippen LogP contribution in [0.3, 0.4) is 0 Å². The van der Waals surface area contributed by atoms with E-state index in [9.17, 15) is 13.2 Å². The largest absolute Gasteiger partial charge is 0.392 e. The average molecular weight is 221 g/mol. The molecule has 0 amide bonds. The van der Waals surface area contributed by atoms with E-state index in [1.807, 2.05) is 0 Å². The monoisotopic (exact) mass is 221 g/mol. The van der Waals surface area contributed by atoms with Gasteiger partial charge in [-0.3, -0.25) is 11.1 Å². The van der Waals surface area contributed by atoms with E-state index < -0.39 is 18.4 Å². The predicted molar refractivity (Wildman–Crippen MR) is 51.6 cm³/mol. The third-order valence-corrected chi connectivity index (χ3v) is 2.06. The van der Waals surface area contributed by atoms with Gasteiger partial charge in [-0.15, -0.1) is 0 Å². The predicted octanol–water partition coefficient (Wildman–Crippen LogP) is 1.20. The van der Waals surface area contributed by atoms with Crippen molar-refractivity contribution in [3.05, 3.63) is 23.9 Å². The molecule has 0 spiro atoms. The van der Waals surface area contributed by atoms with E-state index in [1.54, 1.807) is 6.92 Å². The number of hydrogen-bond acceptors (Lipinski definition) is 3. The SMILES string of the molecule is CCNC1(N)NC=CC=C1CC(F)(F)F. The van der Waals surface area contributed by atoms with Gasteiger partial charge in [0.15, 0.2) is 5.79 Å². The fourth-order valence-electron chi connectivity index (χ4n) is 1.43. The van der Waals surface area contributed by atoms with Gasteiger partial charge < -0.3 is 5.32 Å². The Labute approximate surface area is 86.2 Å².